The molecular weight excluding hydrogens is 262 g/mol. The molecule has 0 aliphatic rings. The topological polar surface area (TPSA) is 55.1 Å². The van der Waals surface area contributed by atoms with Crippen molar-refractivity contribution in [2.45, 2.75) is 13.1 Å². The smallest absolute Gasteiger partial charge is 0.251 e. The fraction of sp³-hybridized carbons (Fsp3) is 0.133. The van der Waals surface area contributed by atoms with Crippen LogP contribution in [0.25, 0.3) is 0 Å². The van der Waals surface area contributed by atoms with Gasteiger partial charge in [-0.25, -0.2) is 8.78 Å². The SMILES string of the molecule is NCc1cccc(C(=O)NCc2ccc(F)cc2F)c1. The lowest BCUT2D eigenvalue weighted by Crippen LogP contribution is -2.23. The summed E-state index contributed by atoms with van der Waals surface area (Å²) >= 11 is 0. The third-order valence-electron chi connectivity index (χ3n) is 2.88. The first-order chi connectivity index (χ1) is 9.60. The van der Waals surface area contributed by atoms with Gasteiger partial charge in [0.25, 0.3) is 5.91 Å². The van der Waals surface area contributed by atoms with Crippen molar-refractivity contribution in [1.82, 2.24) is 5.32 Å². The van der Waals surface area contributed by atoms with Crippen molar-refractivity contribution in [2.24, 2.45) is 5.73 Å². The van der Waals surface area contributed by atoms with Crippen molar-refractivity contribution in [3.05, 3.63) is 70.8 Å². The van der Waals surface area contributed by atoms with E-state index in [2.05, 4.69) is 5.32 Å². The molecule has 0 fully saturated rings. The van der Waals surface area contributed by atoms with Crippen molar-refractivity contribution in [1.29, 1.82) is 0 Å². The van der Waals surface area contributed by atoms with Crippen LogP contribution in [0, 0.1) is 11.6 Å². The molecule has 0 aliphatic heterocycles. The Kier molecular flexibility index (Phi) is 4.42. The van der Waals surface area contributed by atoms with Gasteiger partial charge in [0.1, 0.15) is 11.6 Å². The van der Waals surface area contributed by atoms with E-state index in [1.165, 1.54) is 6.07 Å². The number of nitrogens with one attached hydrogen (secondary N) is 1. The Morgan fingerprint density at radius 3 is 2.65 bits per heavy atom. The lowest BCUT2D eigenvalue weighted by atomic mass is 10.1. The summed E-state index contributed by atoms with van der Waals surface area (Å²) in [4.78, 5) is 11.9. The van der Waals surface area contributed by atoms with Gasteiger partial charge in [-0.1, -0.05) is 18.2 Å². The molecule has 0 aliphatic carbocycles. The minimum Gasteiger partial charge on any atom is -0.348 e. The lowest BCUT2D eigenvalue weighted by Gasteiger charge is -2.07. The van der Waals surface area contributed by atoms with Crippen LogP contribution in [0.3, 0.4) is 0 Å². The van der Waals surface area contributed by atoms with Crippen LogP contribution in [0.1, 0.15) is 21.5 Å². The number of hydrogen-bond donors (Lipinski definition) is 2. The average molecular weight is 276 g/mol. The van der Waals surface area contributed by atoms with E-state index in [1.54, 1.807) is 18.2 Å². The summed E-state index contributed by atoms with van der Waals surface area (Å²) in [5.74, 6) is -1.65. The van der Waals surface area contributed by atoms with Gasteiger partial charge in [0.05, 0.1) is 0 Å². The van der Waals surface area contributed by atoms with Crippen molar-refractivity contribution in [2.75, 3.05) is 0 Å². The van der Waals surface area contributed by atoms with E-state index in [4.69, 9.17) is 5.73 Å². The molecule has 3 nitrogen and oxygen atoms in total. The summed E-state index contributed by atoms with van der Waals surface area (Å²) in [6, 6.07) is 10.1. The molecule has 0 saturated heterocycles. The van der Waals surface area contributed by atoms with Gasteiger partial charge in [-0.3, -0.25) is 4.79 Å². The number of hydrogen-bond acceptors (Lipinski definition) is 2. The van der Waals surface area contributed by atoms with Gasteiger partial charge in [0, 0.05) is 30.3 Å². The van der Waals surface area contributed by atoms with E-state index in [0.717, 1.165) is 17.7 Å². The lowest BCUT2D eigenvalue weighted by molar-refractivity contribution is 0.0950. The highest BCUT2D eigenvalue weighted by atomic mass is 19.1. The van der Waals surface area contributed by atoms with Crippen LogP contribution in [-0.4, -0.2) is 5.91 Å². The molecule has 2 rings (SSSR count). The highest BCUT2D eigenvalue weighted by molar-refractivity contribution is 5.94. The first kappa shape index (κ1) is 14.1. The first-order valence-electron chi connectivity index (χ1n) is 6.11. The fourth-order valence-electron chi connectivity index (χ4n) is 1.78. The van der Waals surface area contributed by atoms with Crippen molar-refractivity contribution in [3.8, 4) is 0 Å². The molecule has 20 heavy (non-hydrogen) atoms. The zero-order valence-corrected chi connectivity index (χ0v) is 10.7. The summed E-state index contributed by atoms with van der Waals surface area (Å²) < 4.78 is 26.2. The Morgan fingerprint density at radius 2 is 1.95 bits per heavy atom. The number of benzene rings is 2. The van der Waals surface area contributed by atoms with Crippen molar-refractivity contribution >= 4 is 5.91 Å². The Morgan fingerprint density at radius 1 is 1.15 bits per heavy atom. The predicted octanol–water partition coefficient (Wildman–Crippen LogP) is 2.35. The number of halogens is 2. The van der Waals surface area contributed by atoms with Gasteiger partial charge in [-0.15, -0.1) is 0 Å². The summed E-state index contributed by atoms with van der Waals surface area (Å²) in [5.41, 5.74) is 7.02. The molecule has 2 aromatic carbocycles. The highest BCUT2D eigenvalue weighted by Gasteiger charge is 2.08. The first-order valence-corrected chi connectivity index (χ1v) is 6.11. The number of carbonyl (C=O) groups is 1. The van der Waals surface area contributed by atoms with Crippen molar-refractivity contribution < 1.29 is 13.6 Å². The summed E-state index contributed by atoms with van der Waals surface area (Å²) in [6.45, 7) is 0.339. The van der Waals surface area contributed by atoms with E-state index in [0.29, 0.717) is 12.1 Å². The number of rotatable bonds is 4. The molecule has 0 heterocycles. The standard InChI is InChI=1S/C15H14F2N2O/c16-13-5-4-12(14(17)7-13)9-19-15(20)11-3-1-2-10(6-11)8-18/h1-7H,8-9,18H2,(H,19,20). The molecule has 3 N–H and O–H groups in total. The molecule has 0 aromatic heterocycles. The monoisotopic (exact) mass is 276 g/mol. The zero-order valence-electron chi connectivity index (χ0n) is 10.7. The quantitative estimate of drug-likeness (QED) is 0.900. The Bertz CT molecular complexity index is 629. The highest BCUT2D eigenvalue weighted by Crippen LogP contribution is 2.10. The molecule has 0 atom stereocenters. The second-order valence-corrected chi connectivity index (χ2v) is 4.32. The van der Waals surface area contributed by atoms with Crippen LogP contribution in [0.2, 0.25) is 0 Å². The van der Waals surface area contributed by atoms with Gasteiger partial charge in [0.15, 0.2) is 0 Å². The van der Waals surface area contributed by atoms with Gasteiger partial charge in [0.2, 0.25) is 0 Å². The Balaban J connectivity index is 2.04. The van der Waals surface area contributed by atoms with Crippen LogP contribution < -0.4 is 11.1 Å². The average Bonchev–Trinajstić information content (AvgIpc) is 2.46. The third-order valence-corrected chi connectivity index (χ3v) is 2.88. The minimum atomic E-state index is -0.680. The molecule has 1 amide bonds. The second-order valence-electron chi connectivity index (χ2n) is 4.32. The minimum absolute atomic E-state index is 0.00218. The summed E-state index contributed by atoms with van der Waals surface area (Å²) in [7, 11) is 0. The van der Waals surface area contributed by atoms with Gasteiger partial charge in [-0.2, -0.15) is 0 Å². The van der Waals surface area contributed by atoms with Crippen LogP contribution in [-0.2, 0) is 13.1 Å². The van der Waals surface area contributed by atoms with Gasteiger partial charge < -0.3 is 11.1 Å². The molecule has 0 saturated carbocycles. The summed E-state index contributed by atoms with van der Waals surface area (Å²) in [6.07, 6.45) is 0. The third kappa shape index (κ3) is 3.39. The molecule has 104 valence electrons. The van der Waals surface area contributed by atoms with Gasteiger partial charge >= 0.3 is 0 Å². The van der Waals surface area contributed by atoms with Crippen LogP contribution in [0.5, 0.6) is 0 Å². The molecule has 2 aromatic rings. The van der Waals surface area contributed by atoms with Crippen LogP contribution in [0.15, 0.2) is 42.5 Å². The zero-order chi connectivity index (χ0) is 14.5. The Hall–Kier alpha value is -2.27. The van der Waals surface area contributed by atoms with Crippen LogP contribution in [0.4, 0.5) is 8.78 Å². The van der Waals surface area contributed by atoms with E-state index < -0.39 is 11.6 Å². The maximum atomic E-state index is 13.4. The maximum Gasteiger partial charge on any atom is 0.251 e. The molecular formula is C15H14F2N2O. The predicted molar refractivity (Wildman–Crippen MR) is 71.9 cm³/mol. The molecule has 5 heteroatoms. The van der Waals surface area contributed by atoms with Gasteiger partial charge in [-0.05, 0) is 23.8 Å². The van der Waals surface area contributed by atoms with E-state index in [9.17, 15) is 13.6 Å². The number of carbonyl (C=O) groups excluding carboxylic acids is 1. The number of nitrogens with two attached hydrogens (primary N) is 1. The largest absolute Gasteiger partial charge is 0.348 e. The van der Waals surface area contributed by atoms with E-state index >= 15 is 0 Å². The molecule has 0 bridgehead atoms. The molecule has 0 radical (unpaired) electrons. The van der Waals surface area contributed by atoms with E-state index in [-0.39, 0.29) is 18.0 Å². The molecule has 0 unspecified atom stereocenters. The second kappa shape index (κ2) is 6.25. The van der Waals surface area contributed by atoms with Crippen LogP contribution >= 0.6 is 0 Å². The van der Waals surface area contributed by atoms with Crippen molar-refractivity contribution in [3.63, 3.8) is 0 Å². The normalized spacial score (nSPS) is 10.3. The fourth-order valence-corrected chi connectivity index (χ4v) is 1.78. The Labute approximate surface area is 115 Å². The van der Waals surface area contributed by atoms with E-state index in [1.807, 2.05) is 6.07 Å². The maximum absolute atomic E-state index is 13.4. The number of amides is 1. The summed E-state index contributed by atoms with van der Waals surface area (Å²) in [5, 5.41) is 2.58. The molecule has 0 spiro atoms.